The topological polar surface area (TPSA) is 0 Å². The van der Waals surface area contributed by atoms with E-state index in [0.717, 1.165) is 16.9 Å². The van der Waals surface area contributed by atoms with Crippen LogP contribution in [0, 0.1) is 13.8 Å². The van der Waals surface area contributed by atoms with E-state index in [4.69, 9.17) is 0 Å². The third kappa shape index (κ3) is 2.65. The Morgan fingerprint density at radius 3 is 2.41 bits per heavy atom. The van der Waals surface area contributed by atoms with Crippen molar-refractivity contribution in [2.45, 2.75) is 20.3 Å². The maximum Gasteiger partial charge on any atom is -0.00171 e. The predicted octanol–water partition coefficient (Wildman–Crippen LogP) is 2.71. The monoisotopic (exact) mass is 222 g/mol. The van der Waals surface area contributed by atoms with E-state index < -0.39 is 0 Å². The van der Waals surface area contributed by atoms with Gasteiger partial charge in [0.2, 0.25) is 0 Å². The van der Waals surface area contributed by atoms with E-state index in [1.807, 2.05) is 12.1 Å². The average Bonchev–Trinajstić information content (AvgIpc) is 2.28. The summed E-state index contributed by atoms with van der Waals surface area (Å²) in [7, 11) is 0. The summed E-state index contributed by atoms with van der Waals surface area (Å²) >= 11 is 0. The molecule has 0 heteroatoms. The molecular formula is C17H18. The summed E-state index contributed by atoms with van der Waals surface area (Å²) in [5.74, 6) is 0. The number of benzene rings is 2. The van der Waals surface area contributed by atoms with E-state index in [1.165, 1.54) is 22.3 Å². The van der Waals surface area contributed by atoms with E-state index in [-0.39, 0.29) is 0 Å². The fourth-order valence-corrected chi connectivity index (χ4v) is 2.04. The molecule has 0 radical (unpaired) electrons. The highest BCUT2D eigenvalue weighted by atomic mass is 14.1. The van der Waals surface area contributed by atoms with Crippen molar-refractivity contribution in [2.75, 3.05) is 0 Å². The Labute approximate surface area is 103 Å². The molecule has 0 unspecified atom stereocenters. The summed E-state index contributed by atoms with van der Waals surface area (Å²) in [4.78, 5) is 0. The van der Waals surface area contributed by atoms with Crippen LogP contribution in [0.15, 0.2) is 36.4 Å². The van der Waals surface area contributed by atoms with Gasteiger partial charge in [-0.1, -0.05) is 55.1 Å². The van der Waals surface area contributed by atoms with Gasteiger partial charge in [0.15, 0.2) is 0 Å². The van der Waals surface area contributed by atoms with Crippen molar-refractivity contribution in [1.82, 2.24) is 0 Å². The van der Waals surface area contributed by atoms with Gasteiger partial charge in [-0.05, 0) is 47.4 Å². The Bertz CT molecular complexity index is 636. The van der Waals surface area contributed by atoms with Crippen LogP contribution < -0.4 is 10.4 Å². The van der Waals surface area contributed by atoms with Crippen molar-refractivity contribution in [3.05, 3.63) is 69.1 Å². The Kier molecular flexibility index (Phi) is 3.14. The molecule has 2 aromatic rings. The molecule has 0 aliphatic carbocycles. The summed E-state index contributed by atoms with van der Waals surface area (Å²) in [6.07, 6.45) is 0.940. The van der Waals surface area contributed by atoms with Gasteiger partial charge in [-0.3, -0.25) is 0 Å². The van der Waals surface area contributed by atoms with Crippen molar-refractivity contribution in [2.24, 2.45) is 0 Å². The predicted molar refractivity (Wildman–Crippen MR) is 75.5 cm³/mol. The molecule has 0 aliphatic rings. The van der Waals surface area contributed by atoms with Gasteiger partial charge in [0.05, 0.1) is 0 Å². The van der Waals surface area contributed by atoms with Gasteiger partial charge in [0, 0.05) is 0 Å². The molecule has 0 bridgehead atoms. The maximum absolute atomic E-state index is 4.08. The molecule has 2 rings (SSSR count). The minimum Gasteiger partial charge on any atom is -0.0918 e. The molecule has 0 saturated carbocycles. The summed E-state index contributed by atoms with van der Waals surface area (Å²) in [6, 6.07) is 12.8. The van der Waals surface area contributed by atoms with Gasteiger partial charge >= 0.3 is 0 Å². The molecule has 0 N–H and O–H groups in total. The quantitative estimate of drug-likeness (QED) is 0.733. The lowest BCUT2D eigenvalue weighted by Crippen LogP contribution is -2.13. The summed E-state index contributed by atoms with van der Waals surface area (Å²) in [5, 5.41) is 2.15. The van der Waals surface area contributed by atoms with Crippen molar-refractivity contribution >= 4 is 13.2 Å². The molecule has 0 atom stereocenters. The maximum atomic E-state index is 4.08. The minimum absolute atomic E-state index is 0.940. The molecule has 2 aromatic carbocycles. The molecule has 0 heterocycles. The van der Waals surface area contributed by atoms with Crippen LogP contribution in [0.5, 0.6) is 0 Å². The van der Waals surface area contributed by atoms with Gasteiger partial charge in [0.1, 0.15) is 0 Å². The first-order chi connectivity index (χ1) is 8.06. The molecule has 0 nitrogen and oxygen atoms in total. The Morgan fingerprint density at radius 2 is 1.65 bits per heavy atom. The smallest absolute Gasteiger partial charge is 0.00171 e. The Balaban J connectivity index is 2.44. The highest BCUT2D eigenvalue weighted by molar-refractivity contribution is 5.36. The molecule has 86 valence electrons. The summed E-state index contributed by atoms with van der Waals surface area (Å²) in [6.45, 7) is 12.3. The number of rotatable bonds is 2. The van der Waals surface area contributed by atoms with E-state index in [2.05, 4.69) is 51.3 Å². The van der Waals surface area contributed by atoms with Crippen LogP contribution in [0.25, 0.3) is 13.2 Å². The lowest BCUT2D eigenvalue weighted by molar-refractivity contribution is 1.13. The second-order valence-corrected chi connectivity index (χ2v) is 4.71. The van der Waals surface area contributed by atoms with Crippen LogP contribution in [0.1, 0.15) is 22.3 Å². The van der Waals surface area contributed by atoms with Crippen molar-refractivity contribution in [3.8, 4) is 0 Å². The summed E-state index contributed by atoms with van der Waals surface area (Å²) < 4.78 is 0. The van der Waals surface area contributed by atoms with E-state index >= 15 is 0 Å². The second-order valence-electron chi connectivity index (χ2n) is 4.71. The summed E-state index contributed by atoms with van der Waals surface area (Å²) in [5.41, 5.74) is 5.29. The van der Waals surface area contributed by atoms with Crippen LogP contribution in [-0.4, -0.2) is 0 Å². The second kappa shape index (κ2) is 4.58. The Morgan fingerprint density at radius 1 is 0.882 bits per heavy atom. The fraction of sp³-hybridized carbons (Fsp3) is 0.176. The first kappa shape index (κ1) is 11.7. The molecule has 0 spiro atoms. The SMILES string of the molecule is C=c1ccc(=C)c(Cc2cc(C)ccc2C)c1. The normalized spacial score (nSPS) is 10.5. The molecule has 0 fully saturated rings. The highest BCUT2D eigenvalue weighted by Crippen LogP contribution is 2.13. The fourth-order valence-electron chi connectivity index (χ4n) is 2.04. The number of aryl methyl sites for hydroxylation is 2. The lowest BCUT2D eigenvalue weighted by atomic mass is 9.97. The number of hydrogen-bond acceptors (Lipinski definition) is 0. The van der Waals surface area contributed by atoms with Gasteiger partial charge in [-0.15, -0.1) is 0 Å². The van der Waals surface area contributed by atoms with E-state index in [9.17, 15) is 0 Å². The minimum atomic E-state index is 0.940. The third-order valence-electron chi connectivity index (χ3n) is 3.16. The zero-order valence-electron chi connectivity index (χ0n) is 10.6. The van der Waals surface area contributed by atoms with Gasteiger partial charge in [-0.25, -0.2) is 0 Å². The molecule has 17 heavy (non-hydrogen) atoms. The van der Waals surface area contributed by atoms with Crippen molar-refractivity contribution in [3.63, 3.8) is 0 Å². The van der Waals surface area contributed by atoms with Gasteiger partial charge < -0.3 is 0 Å². The van der Waals surface area contributed by atoms with Crippen LogP contribution in [-0.2, 0) is 6.42 Å². The average molecular weight is 222 g/mol. The highest BCUT2D eigenvalue weighted by Gasteiger charge is 2.01. The third-order valence-corrected chi connectivity index (χ3v) is 3.16. The van der Waals surface area contributed by atoms with Crippen molar-refractivity contribution < 1.29 is 0 Å². The first-order valence-corrected chi connectivity index (χ1v) is 5.89. The standard InChI is InChI=1S/C17H18/c1-12-5-7-14(3)16(9-12)11-17-10-13(2)6-8-15(17)4/h5-10H,1,3,11H2,2,4H3. The first-order valence-electron chi connectivity index (χ1n) is 5.89. The Hall–Kier alpha value is -1.82. The van der Waals surface area contributed by atoms with Crippen LogP contribution in [0.4, 0.5) is 0 Å². The molecule has 0 saturated heterocycles. The molecule has 0 aliphatic heterocycles. The molecule has 0 amide bonds. The lowest BCUT2D eigenvalue weighted by Gasteiger charge is -2.08. The molecular weight excluding hydrogens is 204 g/mol. The van der Waals surface area contributed by atoms with Crippen molar-refractivity contribution in [1.29, 1.82) is 0 Å². The molecule has 0 aromatic heterocycles. The van der Waals surface area contributed by atoms with E-state index in [0.29, 0.717) is 0 Å². The van der Waals surface area contributed by atoms with Crippen LogP contribution in [0.3, 0.4) is 0 Å². The van der Waals surface area contributed by atoms with E-state index in [1.54, 1.807) is 0 Å². The largest absolute Gasteiger partial charge is 0.0918 e. The zero-order valence-corrected chi connectivity index (χ0v) is 10.6. The zero-order chi connectivity index (χ0) is 12.4. The number of hydrogen-bond donors (Lipinski definition) is 0. The van der Waals surface area contributed by atoms with Gasteiger partial charge in [-0.2, -0.15) is 0 Å². The van der Waals surface area contributed by atoms with Crippen LogP contribution >= 0.6 is 0 Å². The van der Waals surface area contributed by atoms with Crippen LogP contribution in [0.2, 0.25) is 0 Å². The van der Waals surface area contributed by atoms with Gasteiger partial charge in [0.25, 0.3) is 0 Å².